The first kappa shape index (κ1) is 10.9. The minimum atomic E-state index is -0.0976. The monoisotopic (exact) mass is 234 g/mol. The first-order valence-corrected chi connectivity index (χ1v) is 6.02. The van der Waals surface area contributed by atoms with E-state index in [9.17, 15) is 0 Å². The van der Waals surface area contributed by atoms with Gasteiger partial charge in [-0.3, -0.25) is 5.41 Å². The van der Waals surface area contributed by atoms with Crippen molar-refractivity contribution in [2.24, 2.45) is 5.73 Å². The first-order valence-electron chi connectivity index (χ1n) is 5.14. The van der Waals surface area contributed by atoms with Crippen molar-refractivity contribution >= 4 is 17.2 Å². The summed E-state index contributed by atoms with van der Waals surface area (Å²) < 4.78 is 1.97. The zero-order valence-electron chi connectivity index (χ0n) is 9.05. The molecule has 2 aromatic rings. The predicted molar refractivity (Wildman–Crippen MR) is 66.8 cm³/mol. The Morgan fingerprint density at radius 1 is 1.69 bits per heavy atom. The second kappa shape index (κ2) is 4.49. The van der Waals surface area contributed by atoms with Crippen LogP contribution in [-0.2, 0) is 0 Å². The van der Waals surface area contributed by atoms with Gasteiger partial charge in [0.05, 0.1) is 10.9 Å². The SMILES string of the molecule is CCC(C(=N)N)n1ccnc1-c1cccs1. The number of amidine groups is 1. The third-order valence-electron chi connectivity index (χ3n) is 2.49. The van der Waals surface area contributed by atoms with Crippen LogP contribution in [0.1, 0.15) is 19.4 Å². The molecule has 3 N–H and O–H groups in total. The topological polar surface area (TPSA) is 67.7 Å². The van der Waals surface area contributed by atoms with Crippen molar-refractivity contribution in [2.75, 3.05) is 0 Å². The molecule has 2 aromatic heterocycles. The minimum Gasteiger partial charge on any atom is -0.386 e. The van der Waals surface area contributed by atoms with Crippen LogP contribution in [0.4, 0.5) is 0 Å². The lowest BCUT2D eigenvalue weighted by Gasteiger charge is -2.17. The van der Waals surface area contributed by atoms with E-state index in [1.807, 2.05) is 35.2 Å². The van der Waals surface area contributed by atoms with Gasteiger partial charge < -0.3 is 10.3 Å². The van der Waals surface area contributed by atoms with Crippen LogP contribution in [0, 0.1) is 5.41 Å². The summed E-state index contributed by atoms with van der Waals surface area (Å²) in [5, 5.41) is 9.60. The molecule has 2 heterocycles. The van der Waals surface area contributed by atoms with E-state index in [-0.39, 0.29) is 11.9 Å². The summed E-state index contributed by atoms with van der Waals surface area (Å²) in [5.74, 6) is 1.07. The van der Waals surface area contributed by atoms with Crippen molar-refractivity contribution in [1.29, 1.82) is 5.41 Å². The molecule has 16 heavy (non-hydrogen) atoms. The summed E-state index contributed by atoms with van der Waals surface area (Å²) in [6.07, 6.45) is 4.43. The zero-order chi connectivity index (χ0) is 11.5. The highest BCUT2D eigenvalue weighted by Crippen LogP contribution is 2.26. The van der Waals surface area contributed by atoms with Crippen LogP contribution in [-0.4, -0.2) is 15.4 Å². The lowest BCUT2D eigenvalue weighted by Crippen LogP contribution is -2.25. The molecule has 0 spiro atoms. The molecule has 0 saturated heterocycles. The average molecular weight is 234 g/mol. The largest absolute Gasteiger partial charge is 0.386 e. The Bertz CT molecular complexity index is 472. The number of imidazole rings is 1. The van der Waals surface area contributed by atoms with Crippen LogP contribution in [0.5, 0.6) is 0 Å². The van der Waals surface area contributed by atoms with Gasteiger partial charge in [-0.2, -0.15) is 0 Å². The molecule has 0 bridgehead atoms. The van der Waals surface area contributed by atoms with Crippen LogP contribution in [0.3, 0.4) is 0 Å². The van der Waals surface area contributed by atoms with Crippen LogP contribution in [0.2, 0.25) is 0 Å². The summed E-state index contributed by atoms with van der Waals surface area (Å²) >= 11 is 1.64. The van der Waals surface area contributed by atoms with Crippen molar-refractivity contribution < 1.29 is 0 Å². The minimum absolute atomic E-state index is 0.0976. The smallest absolute Gasteiger partial charge is 0.150 e. The molecule has 0 fully saturated rings. The van der Waals surface area contributed by atoms with Crippen LogP contribution < -0.4 is 5.73 Å². The van der Waals surface area contributed by atoms with E-state index in [1.165, 1.54) is 0 Å². The van der Waals surface area contributed by atoms with Gasteiger partial charge in [0.2, 0.25) is 0 Å². The number of nitrogens with two attached hydrogens (primary N) is 1. The molecule has 0 saturated carbocycles. The molecule has 84 valence electrons. The second-order valence-electron chi connectivity index (χ2n) is 3.51. The molecule has 0 aliphatic rings. The number of rotatable bonds is 4. The van der Waals surface area contributed by atoms with E-state index in [2.05, 4.69) is 4.98 Å². The average Bonchev–Trinajstić information content (AvgIpc) is 2.86. The molecule has 0 radical (unpaired) electrons. The van der Waals surface area contributed by atoms with Crippen molar-refractivity contribution in [1.82, 2.24) is 9.55 Å². The highest BCUT2D eigenvalue weighted by molar-refractivity contribution is 7.13. The van der Waals surface area contributed by atoms with Gasteiger partial charge in [-0.1, -0.05) is 13.0 Å². The standard InChI is InChI=1S/C11H14N4S/c1-2-8(10(12)13)15-6-5-14-11(15)9-4-3-7-16-9/h3-8H,2H2,1H3,(H3,12,13). The molecule has 4 nitrogen and oxygen atoms in total. The number of hydrogen-bond donors (Lipinski definition) is 2. The Labute approximate surface area is 98.3 Å². The maximum Gasteiger partial charge on any atom is 0.150 e. The molecule has 0 amide bonds. The number of hydrogen-bond acceptors (Lipinski definition) is 3. The van der Waals surface area contributed by atoms with Crippen LogP contribution >= 0.6 is 11.3 Å². The van der Waals surface area contributed by atoms with Gasteiger partial charge in [-0.15, -0.1) is 11.3 Å². The van der Waals surface area contributed by atoms with Crippen molar-refractivity contribution in [2.45, 2.75) is 19.4 Å². The van der Waals surface area contributed by atoms with Crippen LogP contribution in [0.25, 0.3) is 10.7 Å². The zero-order valence-corrected chi connectivity index (χ0v) is 9.87. The molecule has 0 aromatic carbocycles. The summed E-state index contributed by atoms with van der Waals surface area (Å²) in [7, 11) is 0. The summed E-state index contributed by atoms with van der Waals surface area (Å²) in [5.41, 5.74) is 5.60. The molecule has 2 rings (SSSR count). The van der Waals surface area contributed by atoms with E-state index >= 15 is 0 Å². The van der Waals surface area contributed by atoms with Crippen molar-refractivity contribution in [3.05, 3.63) is 29.9 Å². The van der Waals surface area contributed by atoms with E-state index in [0.717, 1.165) is 17.1 Å². The summed E-state index contributed by atoms with van der Waals surface area (Å²) in [6.45, 7) is 2.02. The van der Waals surface area contributed by atoms with Gasteiger partial charge in [0, 0.05) is 12.4 Å². The molecule has 1 atom stereocenters. The third kappa shape index (κ3) is 1.86. The Kier molecular flexibility index (Phi) is 3.05. The molecule has 1 unspecified atom stereocenters. The quantitative estimate of drug-likeness (QED) is 0.630. The molecule has 0 aliphatic carbocycles. The molecular formula is C11H14N4S. The van der Waals surface area contributed by atoms with Gasteiger partial charge in [-0.05, 0) is 17.9 Å². The molecule has 0 aliphatic heterocycles. The summed E-state index contributed by atoms with van der Waals surface area (Å²) in [6, 6.07) is 3.92. The molecular weight excluding hydrogens is 220 g/mol. The first-order chi connectivity index (χ1) is 7.74. The van der Waals surface area contributed by atoms with Gasteiger partial charge in [0.1, 0.15) is 5.84 Å². The number of nitrogens with zero attached hydrogens (tertiary/aromatic N) is 2. The Balaban J connectivity index is 2.43. The Morgan fingerprint density at radius 2 is 2.50 bits per heavy atom. The van der Waals surface area contributed by atoms with E-state index < -0.39 is 0 Å². The lowest BCUT2D eigenvalue weighted by molar-refractivity contribution is 0.616. The van der Waals surface area contributed by atoms with Crippen molar-refractivity contribution in [3.63, 3.8) is 0 Å². The predicted octanol–water partition coefficient (Wildman–Crippen LogP) is 2.50. The maximum atomic E-state index is 7.58. The number of aromatic nitrogens is 2. The van der Waals surface area contributed by atoms with Crippen molar-refractivity contribution in [3.8, 4) is 10.7 Å². The fourth-order valence-electron chi connectivity index (χ4n) is 1.73. The van der Waals surface area contributed by atoms with Gasteiger partial charge >= 0.3 is 0 Å². The van der Waals surface area contributed by atoms with Gasteiger partial charge in [0.15, 0.2) is 5.82 Å². The van der Waals surface area contributed by atoms with Crippen LogP contribution in [0.15, 0.2) is 29.9 Å². The van der Waals surface area contributed by atoms with E-state index in [1.54, 1.807) is 17.5 Å². The number of thiophene rings is 1. The Hall–Kier alpha value is -1.62. The lowest BCUT2D eigenvalue weighted by atomic mass is 10.2. The number of nitrogens with one attached hydrogen (secondary N) is 1. The summed E-state index contributed by atoms with van der Waals surface area (Å²) in [4.78, 5) is 5.43. The highest BCUT2D eigenvalue weighted by Gasteiger charge is 2.16. The maximum absolute atomic E-state index is 7.58. The normalized spacial score (nSPS) is 12.6. The fraction of sp³-hybridized carbons (Fsp3) is 0.273. The third-order valence-corrected chi connectivity index (χ3v) is 3.36. The fourth-order valence-corrected chi connectivity index (χ4v) is 2.45. The van der Waals surface area contributed by atoms with Gasteiger partial charge in [0.25, 0.3) is 0 Å². The van der Waals surface area contributed by atoms with E-state index in [4.69, 9.17) is 11.1 Å². The second-order valence-corrected chi connectivity index (χ2v) is 4.46. The van der Waals surface area contributed by atoms with Gasteiger partial charge in [-0.25, -0.2) is 4.98 Å². The molecule has 5 heteroatoms. The highest BCUT2D eigenvalue weighted by atomic mass is 32.1. The van der Waals surface area contributed by atoms with E-state index in [0.29, 0.717) is 0 Å². The Morgan fingerprint density at radius 3 is 3.06 bits per heavy atom.